The number of carbonyl (C=O) groups excluding carboxylic acids is 1. The van der Waals surface area contributed by atoms with Gasteiger partial charge < -0.3 is 15.5 Å². The molecule has 1 aromatic rings. The van der Waals surface area contributed by atoms with Crippen LogP contribution in [-0.4, -0.2) is 31.1 Å². The second-order valence-electron chi connectivity index (χ2n) is 6.87. The second-order valence-corrected chi connectivity index (χ2v) is 6.87. The van der Waals surface area contributed by atoms with Gasteiger partial charge in [-0.25, -0.2) is 0 Å². The van der Waals surface area contributed by atoms with E-state index in [-0.39, 0.29) is 12.5 Å². The zero-order valence-electron chi connectivity index (χ0n) is 14.2. The van der Waals surface area contributed by atoms with Crippen LogP contribution in [0.25, 0.3) is 0 Å². The molecule has 5 nitrogen and oxygen atoms in total. The van der Waals surface area contributed by atoms with E-state index in [4.69, 9.17) is 0 Å². The van der Waals surface area contributed by atoms with Gasteiger partial charge >= 0.3 is 0 Å². The lowest BCUT2D eigenvalue weighted by atomic mass is 10.00. The smallest absolute Gasteiger partial charge is 0.240 e. The molecule has 0 atom stereocenters. The van der Waals surface area contributed by atoms with Gasteiger partial charge in [-0.2, -0.15) is 5.26 Å². The van der Waals surface area contributed by atoms with Crippen LogP contribution >= 0.6 is 0 Å². The molecule has 2 fully saturated rings. The highest BCUT2D eigenvalue weighted by Crippen LogP contribution is 2.30. The van der Waals surface area contributed by atoms with Crippen LogP contribution in [0.4, 0.5) is 11.4 Å². The first-order valence-electron chi connectivity index (χ1n) is 9.03. The molecular weight excluding hydrogens is 300 g/mol. The Bertz CT molecular complexity index is 610. The minimum absolute atomic E-state index is 0.105. The molecule has 1 saturated heterocycles. The molecule has 3 rings (SSSR count). The van der Waals surface area contributed by atoms with E-state index in [2.05, 4.69) is 27.7 Å². The Morgan fingerprint density at radius 1 is 1.12 bits per heavy atom. The lowest BCUT2D eigenvalue weighted by Crippen LogP contribution is -2.47. The summed E-state index contributed by atoms with van der Waals surface area (Å²) in [7, 11) is 0. The predicted octanol–water partition coefficient (Wildman–Crippen LogP) is 3.04. The Labute approximate surface area is 144 Å². The van der Waals surface area contributed by atoms with Gasteiger partial charge in [0.25, 0.3) is 0 Å². The highest BCUT2D eigenvalue weighted by atomic mass is 16.2. The lowest BCUT2D eigenvalue weighted by Gasteiger charge is -2.30. The van der Waals surface area contributed by atoms with Crippen molar-refractivity contribution in [1.82, 2.24) is 5.32 Å². The number of carbonyl (C=O) groups is 1. The highest BCUT2D eigenvalue weighted by molar-refractivity contribution is 5.83. The average Bonchev–Trinajstić information content (AvgIpc) is 3.10. The fraction of sp³-hybridized carbons (Fsp3) is 0.579. The van der Waals surface area contributed by atoms with Gasteiger partial charge in [-0.15, -0.1) is 0 Å². The highest BCUT2D eigenvalue weighted by Gasteiger charge is 2.35. The Kier molecular flexibility index (Phi) is 5.24. The molecule has 2 aliphatic rings. The van der Waals surface area contributed by atoms with Gasteiger partial charge in [0.15, 0.2) is 0 Å². The van der Waals surface area contributed by atoms with Crippen LogP contribution in [0.1, 0.15) is 44.9 Å². The van der Waals surface area contributed by atoms with Crippen molar-refractivity contribution in [2.24, 2.45) is 0 Å². The molecular formula is C19H26N4O. The van der Waals surface area contributed by atoms with E-state index in [0.29, 0.717) is 0 Å². The molecule has 0 radical (unpaired) electrons. The van der Waals surface area contributed by atoms with Gasteiger partial charge in [0.1, 0.15) is 5.54 Å². The maximum absolute atomic E-state index is 12.3. The summed E-state index contributed by atoms with van der Waals surface area (Å²) < 4.78 is 0. The van der Waals surface area contributed by atoms with Gasteiger partial charge in [0.05, 0.1) is 24.0 Å². The number of nitrogens with zero attached hydrogens (tertiary/aromatic N) is 2. The number of benzene rings is 1. The molecule has 0 bridgehead atoms. The molecule has 2 N–H and O–H groups in total. The number of rotatable bonds is 5. The minimum atomic E-state index is -0.648. The Balaban J connectivity index is 1.60. The summed E-state index contributed by atoms with van der Waals surface area (Å²) in [6.45, 7) is 2.35. The molecule has 0 unspecified atom stereocenters. The number of hydrogen-bond acceptors (Lipinski definition) is 4. The van der Waals surface area contributed by atoms with Crippen molar-refractivity contribution in [2.75, 3.05) is 29.9 Å². The van der Waals surface area contributed by atoms with Crippen molar-refractivity contribution in [3.63, 3.8) is 0 Å². The number of nitriles is 1. The number of nitrogens with one attached hydrogen (secondary N) is 2. The van der Waals surface area contributed by atoms with Crippen LogP contribution in [0.3, 0.4) is 0 Å². The maximum Gasteiger partial charge on any atom is 0.240 e. The first-order chi connectivity index (χ1) is 11.7. The summed E-state index contributed by atoms with van der Waals surface area (Å²) in [4.78, 5) is 14.7. The van der Waals surface area contributed by atoms with Gasteiger partial charge in [0, 0.05) is 13.1 Å². The van der Waals surface area contributed by atoms with Crippen molar-refractivity contribution < 1.29 is 4.79 Å². The molecule has 1 aliphatic heterocycles. The third-order valence-electron chi connectivity index (χ3n) is 5.09. The molecule has 1 aromatic carbocycles. The molecule has 24 heavy (non-hydrogen) atoms. The number of hydrogen-bond donors (Lipinski definition) is 2. The van der Waals surface area contributed by atoms with Crippen molar-refractivity contribution in [3.8, 4) is 6.07 Å². The summed E-state index contributed by atoms with van der Waals surface area (Å²) in [5.74, 6) is -0.105. The van der Waals surface area contributed by atoms with E-state index in [0.717, 1.165) is 44.5 Å². The Morgan fingerprint density at radius 3 is 2.54 bits per heavy atom. The molecule has 0 aromatic heterocycles. The van der Waals surface area contributed by atoms with E-state index in [1.807, 2.05) is 18.2 Å². The topological polar surface area (TPSA) is 68.2 Å². The summed E-state index contributed by atoms with van der Waals surface area (Å²) in [5.41, 5.74) is 1.51. The average molecular weight is 326 g/mol. The summed E-state index contributed by atoms with van der Waals surface area (Å²) in [5, 5.41) is 15.6. The third kappa shape index (κ3) is 3.81. The summed E-state index contributed by atoms with van der Waals surface area (Å²) in [6.07, 6.45) is 7.29. The quantitative estimate of drug-likeness (QED) is 0.873. The van der Waals surface area contributed by atoms with Crippen LogP contribution in [0.2, 0.25) is 0 Å². The van der Waals surface area contributed by atoms with Crippen LogP contribution < -0.4 is 15.5 Å². The van der Waals surface area contributed by atoms with Crippen LogP contribution in [0.5, 0.6) is 0 Å². The number of amides is 1. The van der Waals surface area contributed by atoms with E-state index in [1.54, 1.807) is 0 Å². The Hall–Kier alpha value is -2.22. The van der Waals surface area contributed by atoms with Gasteiger partial charge in [-0.3, -0.25) is 4.79 Å². The summed E-state index contributed by atoms with van der Waals surface area (Å²) >= 11 is 0. The lowest BCUT2D eigenvalue weighted by molar-refractivity contribution is -0.120. The van der Waals surface area contributed by atoms with Crippen molar-refractivity contribution in [3.05, 3.63) is 24.3 Å². The first kappa shape index (κ1) is 16.6. The third-order valence-corrected chi connectivity index (χ3v) is 5.09. The fourth-order valence-electron chi connectivity index (χ4n) is 3.76. The molecule has 1 aliphatic carbocycles. The predicted molar refractivity (Wildman–Crippen MR) is 96.0 cm³/mol. The van der Waals surface area contributed by atoms with Crippen LogP contribution in [-0.2, 0) is 4.79 Å². The van der Waals surface area contributed by atoms with E-state index >= 15 is 0 Å². The van der Waals surface area contributed by atoms with Crippen LogP contribution in [0.15, 0.2) is 24.3 Å². The number of anilines is 2. The standard InChI is InChI=1S/C19H26N4O/c20-15-19(10-4-5-11-19)22-18(24)14-21-16-8-2-3-9-17(16)23-12-6-1-7-13-23/h2-3,8-9,21H,1,4-7,10-14H2,(H,22,24). The molecule has 1 saturated carbocycles. The van der Waals surface area contributed by atoms with Crippen molar-refractivity contribution in [1.29, 1.82) is 5.26 Å². The zero-order valence-corrected chi connectivity index (χ0v) is 14.2. The number of piperidine rings is 1. The van der Waals surface area contributed by atoms with Gasteiger partial charge in [-0.1, -0.05) is 12.1 Å². The SMILES string of the molecule is N#CC1(NC(=O)CNc2ccccc2N2CCCCC2)CCCC1. The monoisotopic (exact) mass is 326 g/mol. The van der Waals surface area contributed by atoms with E-state index < -0.39 is 5.54 Å². The number of para-hydroxylation sites is 2. The second kappa shape index (κ2) is 7.57. The summed E-state index contributed by atoms with van der Waals surface area (Å²) in [6, 6.07) is 10.5. The fourth-order valence-corrected chi connectivity index (χ4v) is 3.76. The molecule has 1 heterocycles. The van der Waals surface area contributed by atoms with E-state index in [9.17, 15) is 10.1 Å². The first-order valence-corrected chi connectivity index (χ1v) is 9.03. The van der Waals surface area contributed by atoms with Crippen LogP contribution in [0, 0.1) is 11.3 Å². The van der Waals surface area contributed by atoms with Crippen molar-refractivity contribution in [2.45, 2.75) is 50.5 Å². The largest absolute Gasteiger partial charge is 0.374 e. The molecule has 128 valence electrons. The van der Waals surface area contributed by atoms with Gasteiger partial charge in [0.2, 0.25) is 5.91 Å². The molecule has 0 spiro atoms. The molecule has 5 heteroatoms. The molecule has 1 amide bonds. The van der Waals surface area contributed by atoms with Gasteiger partial charge in [-0.05, 0) is 57.1 Å². The zero-order chi connectivity index (χ0) is 16.8. The van der Waals surface area contributed by atoms with Crippen molar-refractivity contribution >= 4 is 17.3 Å². The normalized spacial score (nSPS) is 19.5. The van der Waals surface area contributed by atoms with E-state index in [1.165, 1.54) is 24.9 Å². The minimum Gasteiger partial charge on any atom is -0.374 e. The Morgan fingerprint density at radius 2 is 1.83 bits per heavy atom. The maximum atomic E-state index is 12.3.